The van der Waals surface area contributed by atoms with E-state index in [9.17, 15) is 10.1 Å². The van der Waals surface area contributed by atoms with Gasteiger partial charge in [-0.1, -0.05) is 37.2 Å². The lowest BCUT2D eigenvalue weighted by Gasteiger charge is -2.36. The number of nitrogens with one attached hydrogen (secondary N) is 3. The van der Waals surface area contributed by atoms with Crippen molar-refractivity contribution in [1.29, 1.82) is 5.26 Å². The van der Waals surface area contributed by atoms with Crippen LogP contribution in [0.1, 0.15) is 12.5 Å². The van der Waals surface area contributed by atoms with Gasteiger partial charge in [0.1, 0.15) is 16.8 Å². The van der Waals surface area contributed by atoms with Crippen LogP contribution in [0.4, 0.5) is 34.5 Å². The number of hydrogen-bond donors (Lipinski definition) is 3. The third-order valence-corrected chi connectivity index (χ3v) is 6.49. The highest BCUT2D eigenvalue weighted by molar-refractivity contribution is 6.33. The van der Waals surface area contributed by atoms with Crippen LogP contribution in [0.5, 0.6) is 5.75 Å². The topological polar surface area (TPSA) is 118 Å². The van der Waals surface area contributed by atoms with E-state index in [1.54, 1.807) is 31.4 Å². The van der Waals surface area contributed by atoms with E-state index in [1.807, 2.05) is 12.1 Å². The van der Waals surface area contributed by atoms with Gasteiger partial charge in [-0.2, -0.15) is 10.2 Å². The predicted molar refractivity (Wildman–Crippen MR) is 151 cm³/mol. The molecule has 3 aromatic rings. The molecule has 1 aromatic heterocycles. The summed E-state index contributed by atoms with van der Waals surface area (Å²) in [4.78, 5) is 25.7. The van der Waals surface area contributed by atoms with Crippen molar-refractivity contribution in [3.8, 4) is 11.8 Å². The van der Waals surface area contributed by atoms with Crippen molar-refractivity contribution < 1.29 is 9.53 Å². The molecule has 1 aliphatic heterocycles. The molecule has 2 aromatic carbocycles. The van der Waals surface area contributed by atoms with E-state index in [-0.39, 0.29) is 16.9 Å². The highest BCUT2D eigenvalue weighted by Crippen LogP contribution is 2.39. The zero-order chi connectivity index (χ0) is 27.1. The smallest absolute Gasteiger partial charge is 0.247 e. The molecule has 196 valence electrons. The third-order valence-electron chi connectivity index (χ3n) is 6.21. The summed E-state index contributed by atoms with van der Waals surface area (Å²) in [5.74, 6) is 0.809. The van der Waals surface area contributed by atoms with Crippen LogP contribution >= 0.6 is 11.6 Å². The summed E-state index contributed by atoms with van der Waals surface area (Å²) in [5.41, 5.74) is 3.04. The number of benzene rings is 2. The zero-order valence-corrected chi connectivity index (χ0v) is 22.0. The van der Waals surface area contributed by atoms with Gasteiger partial charge >= 0.3 is 0 Å². The quantitative estimate of drug-likeness (QED) is 0.335. The van der Waals surface area contributed by atoms with Crippen LogP contribution in [0.3, 0.4) is 0 Å². The number of para-hydroxylation sites is 1. The minimum atomic E-state index is -0.319. The van der Waals surface area contributed by atoms with Gasteiger partial charge in [-0.3, -0.25) is 4.79 Å². The Balaban J connectivity index is 1.66. The van der Waals surface area contributed by atoms with Crippen LogP contribution in [-0.2, 0) is 4.79 Å². The first-order valence-electron chi connectivity index (χ1n) is 12.1. The zero-order valence-electron chi connectivity index (χ0n) is 21.3. The van der Waals surface area contributed by atoms with Gasteiger partial charge in [0.25, 0.3) is 0 Å². The van der Waals surface area contributed by atoms with E-state index < -0.39 is 0 Å². The van der Waals surface area contributed by atoms with E-state index in [2.05, 4.69) is 55.3 Å². The van der Waals surface area contributed by atoms with Crippen LogP contribution in [0, 0.1) is 11.3 Å². The number of likely N-dealkylation sites (N-methyl/N-ethyl adjacent to an activating group) is 1. The van der Waals surface area contributed by atoms with Crippen LogP contribution in [0.2, 0.25) is 5.02 Å². The highest BCUT2D eigenvalue weighted by Gasteiger charge is 2.22. The van der Waals surface area contributed by atoms with Gasteiger partial charge in [0.05, 0.1) is 41.6 Å². The molecule has 0 bridgehead atoms. The SMILES string of the molecule is C=CC(=O)Nc1cc(Nc2ncc(Cl)c(Nc3ccccc3C#N)n2)c(OC)cc1N1CCN(CC)CC1. The summed E-state index contributed by atoms with van der Waals surface area (Å²) in [6, 6.07) is 12.9. The number of anilines is 6. The first-order valence-corrected chi connectivity index (χ1v) is 12.5. The second-order valence-corrected chi connectivity index (χ2v) is 8.89. The molecule has 11 heteroatoms. The first kappa shape index (κ1) is 26.7. The Labute approximate surface area is 226 Å². The molecule has 0 atom stereocenters. The monoisotopic (exact) mass is 532 g/mol. The van der Waals surface area contributed by atoms with Crippen molar-refractivity contribution >= 4 is 52.0 Å². The molecule has 38 heavy (non-hydrogen) atoms. The van der Waals surface area contributed by atoms with Crippen molar-refractivity contribution in [3.05, 3.63) is 65.8 Å². The normalized spacial score (nSPS) is 13.4. The van der Waals surface area contributed by atoms with Crippen LogP contribution < -0.4 is 25.6 Å². The molecule has 2 heterocycles. The van der Waals surface area contributed by atoms with Gasteiger partial charge in [0.2, 0.25) is 11.9 Å². The molecule has 0 aliphatic carbocycles. The van der Waals surface area contributed by atoms with Crippen molar-refractivity contribution in [2.75, 3.05) is 60.7 Å². The van der Waals surface area contributed by atoms with E-state index >= 15 is 0 Å². The number of rotatable bonds is 9. The molecule has 1 aliphatic rings. The van der Waals surface area contributed by atoms with Crippen molar-refractivity contribution in [2.24, 2.45) is 0 Å². The number of hydrogen-bond acceptors (Lipinski definition) is 9. The number of nitriles is 1. The number of methoxy groups -OCH3 is 1. The molecule has 0 radical (unpaired) electrons. The Morgan fingerprint density at radius 3 is 2.63 bits per heavy atom. The van der Waals surface area contributed by atoms with E-state index in [4.69, 9.17) is 16.3 Å². The molecule has 0 saturated carbocycles. The average Bonchev–Trinajstić information content (AvgIpc) is 2.95. The number of nitrogens with zero attached hydrogens (tertiary/aromatic N) is 5. The average molecular weight is 533 g/mol. The van der Waals surface area contributed by atoms with Crippen LogP contribution in [0.15, 0.2) is 55.3 Å². The lowest BCUT2D eigenvalue weighted by molar-refractivity contribution is -0.111. The van der Waals surface area contributed by atoms with Gasteiger partial charge in [-0.05, 0) is 30.8 Å². The maximum absolute atomic E-state index is 12.3. The number of amides is 1. The summed E-state index contributed by atoms with van der Waals surface area (Å²) in [6.07, 6.45) is 2.69. The Hall–Kier alpha value is -4.33. The molecule has 0 spiro atoms. The number of aromatic nitrogens is 2. The maximum Gasteiger partial charge on any atom is 0.247 e. The molecule has 3 N–H and O–H groups in total. The minimum absolute atomic E-state index is 0.245. The fraction of sp³-hybridized carbons (Fsp3) is 0.259. The molecule has 1 saturated heterocycles. The Kier molecular flexibility index (Phi) is 8.63. The number of carbonyl (C=O) groups excluding carboxylic acids is 1. The number of carbonyl (C=O) groups is 1. The minimum Gasteiger partial charge on any atom is -0.494 e. The third kappa shape index (κ3) is 6.14. The van der Waals surface area contributed by atoms with Gasteiger partial charge in [-0.15, -0.1) is 0 Å². The van der Waals surface area contributed by atoms with Crippen LogP contribution in [-0.4, -0.2) is 60.6 Å². The molecule has 1 amide bonds. The lowest BCUT2D eigenvalue weighted by Crippen LogP contribution is -2.46. The second kappa shape index (κ2) is 12.3. The lowest BCUT2D eigenvalue weighted by atomic mass is 10.1. The molecule has 10 nitrogen and oxygen atoms in total. The molecule has 0 unspecified atom stereocenters. The number of ether oxygens (including phenoxy) is 1. The number of piperazine rings is 1. The first-order chi connectivity index (χ1) is 18.4. The summed E-state index contributed by atoms with van der Waals surface area (Å²) in [5, 5.41) is 18.9. The summed E-state index contributed by atoms with van der Waals surface area (Å²) in [7, 11) is 1.58. The highest BCUT2D eigenvalue weighted by atomic mass is 35.5. The molecular formula is C27H29ClN8O2. The Morgan fingerprint density at radius 2 is 1.95 bits per heavy atom. The fourth-order valence-electron chi connectivity index (χ4n) is 4.14. The molecule has 4 rings (SSSR count). The maximum atomic E-state index is 12.3. The fourth-order valence-corrected chi connectivity index (χ4v) is 4.28. The van der Waals surface area contributed by atoms with Gasteiger partial charge in [-0.25, -0.2) is 4.98 Å². The van der Waals surface area contributed by atoms with Crippen molar-refractivity contribution in [2.45, 2.75) is 6.92 Å². The van der Waals surface area contributed by atoms with Crippen LogP contribution in [0.25, 0.3) is 0 Å². The summed E-state index contributed by atoms with van der Waals surface area (Å²) < 4.78 is 5.69. The number of halogens is 1. The summed E-state index contributed by atoms with van der Waals surface area (Å²) >= 11 is 6.34. The Morgan fingerprint density at radius 1 is 1.18 bits per heavy atom. The Bertz CT molecular complexity index is 1370. The predicted octanol–water partition coefficient (Wildman–Crippen LogP) is 4.76. The second-order valence-electron chi connectivity index (χ2n) is 8.48. The largest absolute Gasteiger partial charge is 0.494 e. The molecular weight excluding hydrogens is 504 g/mol. The van der Waals surface area contributed by atoms with Gasteiger partial charge in [0, 0.05) is 32.2 Å². The van der Waals surface area contributed by atoms with Crippen molar-refractivity contribution in [3.63, 3.8) is 0 Å². The molecule has 1 fully saturated rings. The van der Waals surface area contributed by atoms with Crippen molar-refractivity contribution in [1.82, 2.24) is 14.9 Å². The van der Waals surface area contributed by atoms with E-state index in [0.717, 1.165) is 38.4 Å². The standard InChI is InChI=1S/C27H29ClN8O2/c1-4-25(37)31-21-14-22(24(38-3)15-23(21)36-12-10-35(5-2)11-13-36)33-27-30-17-19(28)26(34-27)32-20-9-7-6-8-18(20)16-29/h4,6-9,14-15,17H,1,5,10-13H2,2-3H3,(H,31,37)(H2,30,32,33,34). The summed E-state index contributed by atoms with van der Waals surface area (Å²) in [6.45, 7) is 10.2. The van der Waals surface area contributed by atoms with Gasteiger partial charge in [0.15, 0.2) is 5.82 Å². The van der Waals surface area contributed by atoms with E-state index in [0.29, 0.717) is 34.2 Å². The van der Waals surface area contributed by atoms with Gasteiger partial charge < -0.3 is 30.5 Å². The van der Waals surface area contributed by atoms with E-state index in [1.165, 1.54) is 12.3 Å².